The molecule has 1 N–H and O–H groups in total. The Morgan fingerprint density at radius 2 is 2.30 bits per heavy atom. The molecule has 106 valence electrons. The number of carboxylic acids is 1. The third-order valence-electron chi connectivity index (χ3n) is 2.80. The second-order valence-corrected chi connectivity index (χ2v) is 4.25. The highest BCUT2D eigenvalue weighted by molar-refractivity contribution is 5.92. The van der Waals surface area contributed by atoms with Crippen molar-refractivity contribution >= 4 is 18.0 Å². The molecule has 0 spiro atoms. The maximum atomic E-state index is 12.9. The Morgan fingerprint density at radius 1 is 1.50 bits per heavy atom. The standard InChI is InChI=1S/C13H13FN2O4/c14-10-5-9(6-15-7-10)1-2-12(17)16-3-4-20-11(8-16)13(18)19/h1-2,5-7,11H,3-4,8H2,(H,18,19). The first-order valence-corrected chi connectivity index (χ1v) is 5.98. The molecule has 0 aliphatic carbocycles. The van der Waals surface area contributed by atoms with Gasteiger partial charge in [0, 0.05) is 18.8 Å². The van der Waals surface area contributed by atoms with Gasteiger partial charge in [-0.25, -0.2) is 9.18 Å². The second kappa shape index (κ2) is 6.25. The Bertz CT molecular complexity index is 547. The van der Waals surface area contributed by atoms with Crippen LogP contribution in [0.25, 0.3) is 6.08 Å². The molecule has 0 radical (unpaired) electrons. The summed E-state index contributed by atoms with van der Waals surface area (Å²) in [4.78, 5) is 27.8. The minimum Gasteiger partial charge on any atom is -0.479 e. The van der Waals surface area contributed by atoms with Crippen LogP contribution in [0.2, 0.25) is 0 Å². The van der Waals surface area contributed by atoms with E-state index in [-0.39, 0.29) is 19.1 Å². The first-order valence-electron chi connectivity index (χ1n) is 5.98. The number of hydrogen-bond donors (Lipinski definition) is 1. The van der Waals surface area contributed by atoms with Crippen LogP contribution in [0.15, 0.2) is 24.5 Å². The summed E-state index contributed by atoms with van der Waals surface area (Å²) in [6.45, 7) is 0.506. The van der Waals surface area contributed by atoms with Crippen LogP contribution >= 0.6 is 0 Å². The van der Waals surface area contributed by atoms with E-state index in [2.05, 4.69) is 4.98 Å². The summed E-state index contributed by atoms with van der Waals surface area (Å²) in [5.41, 5.74) is 0.460. The van der Waals surface area contributed by atoms with Crippen LogP contribution in [0.4, 0.5) is 4.39 Å². The zero-order valence-corrected chi connectivity index (χ0v) is 10.5. The molecule has 0 bridgehead atoms. The van der Waals surface area contributed by atoms with Crippen LogP contribution in [0.5, 0.6) is 0 Å². The van der Waals surface area contributed by atoms with Crippen molar-refractivity contribution in [3.63, 3.8) is 0 Å². The molecule has 20 heavy (non-hydrogen) atoms. The highest BCUT2D eigenvalue weighted by Crippen LogP contribution is 2.08. The Labute approximate surface area is 114 Å². The van der Waals surface area contributed by atoms with E-state index in [0.29, 0.717) is 12.1 Å². The van der Waals surface area contributed by atoms with Gasteiger partial charge in [0.1, 0.15) is 5.82 Å². The summed E-state index contributed by atoms with van der Waals surface area (Å²) < 4.78 is 17.9. The summed E-state index contributed by atoms with van der Waals surface area (Å²) in [5, 5.41) is 8.85. The summed E-state index contributed by atoms with van der Waals surface area (Å²) in [6, 6.07) is 1.25. The number of halogens is 1. The Hall–Kier alpha value is -2.28. The van der Waals surface area contributed by atoms with E-state index in [4.69, 9.17) is 9.84 Å². The largest absolute Gasteiger partial charge is 0.479 e. The fraction of sp³-hybridized carbons (Fsp3) is 0.308. The minimum atomic E-state index is -1.10. The third-order valence-corrected chi connectivity index (χ3v) is 2.80. The zero-order chi connectivity index (χ0) is 14.5. The molecule has 1 atom stereocenters. The van der Waals surface area contributed by atoms with Crippen LogP contribution in [0.1, 0.15) is 5.56 Å². The number of carbonyl (C=O) groups excluding carboxylic acids is 1. The number of hydrogen-bond acceptors (Lipinski definition) is 4. The fourth-order valence-corrected chi connectivity index (χ4v) is 1.79. The van der Waals surface area contributed by atoms with Gasteiger partial charge in [0.2, 0.25) is 5.91 Å². The van der Waals surface area contributed by atoms with Crippen molar-refractivity contribution in [1.82, 2.24) is 9.88 Å². The van der Waals surface area contributed by atoms with Gasteiger partial charge in [-0.05, 0) is 17.7 Å². The lowest BCUT2D eigenvalue weighted by Crippen LogP contribution is -2.48. The van der Waals surface area contributed by atoms with Gasteiger partial charge in [-0.1, -0.05) is 0 Å². The summed E-state index contributed by atoms with van der Waals surface area (Å²) in [7, 11) is 0. The Balaban J connectivity index is 1.99. The number of pyridine rings is 1. The van der Waals surface area contributed by atoms with Crippen molar-refractivity contribution in [2.75, 3.05) is 19.7 Å². The highest BCUT2D eigenvalue weighted by Gasteiger charge is 2.27. The van der Waals surface area contributed by atoms with Gasteiger partial charge < -0.3 is 14.7 Å². The molecule has 2 rings (SSSR count). The molecule has 1 amide bonds. The van der Waals surface area contributed by atoms with Gasteiger partial charge in [-0.3, -0.25) is 9.78 Å². The molecule has 1 aromatic rings. The average Bonchev–Trinajstić information content (AvgIpc) is 2.45. The molecule has 1 unspecified atom stereocenters. The molecule has 0 saturated carbocycles. The van der Waals surface area contributed by atoms with Crippen LogP contribution in [0, 0.1) is 5.82 Å². The van der Waals surface area contributed by atoms with Crippen LogP contribution in [-0.4, -0.2) is 52.7 Å². The number of aromatic nitrogens is 1. The van der Waals surface area contributed by atoms with Crippen LogP contribution < -0.4 is 0 Å². The van der Waals surface area contributed by atoms with Crippen molar-refractivity contribution in [1.29, 1.82) is 0 Å². The number of ether oxygens (including phenoxy) is 1. The van der Waals surface area contributed by atoms with Gasteiger partial charge >= 0.3 is 5.97 Å². The monoisotopic (exact) mass is 280 g/mol. The van der Waals surface area contributed by atoms with E-state index in [1.807, 2.05) is 0 Å². The van der Waals surface area contributed by atoms with Crippen LogP contribution in [0.3, 0.4) is 0 Å². The van der Waals surface area contributed by atoms with Gasteiger partial charge in [-0.2, -0.15) is 0 Å². The second-order valence-electron chi connectivity index (χ2n) is 4.25. The molecule has 7 heteroatoms. The number of amides is 1. The average molecular weight is 280 g/mol. The molecular formula is C13H13FN2O4. The number of carboxylic acid groups (broad SMARTS) is 1. The van der Waals surface area contributed by atoms with Gasteiger partial charge in [0.05, 0.1) is 19.3 Å². The summed E-state index contributed by atoms with van der Waals surface area (Å²) >= 11 is 0. The SMILES string of the molecule is O=C(O)C1CN(C(=O)C=Cc2cncc(F)c2)CCO1. The maximum Gasteiger partial charge on any atom is 0.334 e. The molecule has 0 aromatic carbocycles. The molecule has 1 saturated heterocycles. The van der Waals surface area contributed by atoms with E-state index < -0.39 is 17.9 Å². The molecule has 6 nitrogen and oxygen atoms in total. The zero-order valence-electron chi connectivity index (χ0n) is 10.5. The number of rotatable bonds is 3. The number of nitrogens with zero attached hydrogens (tertiary/aromatic N) is 2. The van der Waals surface area contributed by atoms with Crippen molar-refractivity contribution < 1.29 is 23.8 Å². The first kappa shape index (κ1) is 14.1. The van der Waals surface area contributed by atoms with E-state index in [1.54, 1.807) is 0 Å². The van der Waals surface area contributed by atoms with E-state index in [0.717, 1.165) is 6.20 Å². The van der Waals surface area contributed by atoms with E-state index in [9.17, 15) is 14.0 Å². The predicted octanol–water partition coefficient (Wildman–Crippen LogP) is 0.546. The van der Waals surface area contributed by atoms with Crippen LogP contribution in [-0.2, 0) is 14.3 Å². The summed E-state index contributed by atoms with van der Waals surface area (Å²) in [5.74, 6) is -1.93. The quantitative estimate of drug-likeness (QED) is 0.818. The van der Waals surface area contributed by atoms with Crippen molar-refractivity contribution in [2.24, 2.45) is 0 Å². The third kappa shape index (κ3) is 3.61. The van der Waals surface area contributed by atoms with Gasteiger partial charge in [-0.15, -0.1) is 0 Å². The highest BCUT2D eigenvalue weighted by atomic mass is 19.1. The topological polar surface area (TPSA) is 79.7 Å². The lowest BCUT2D eigenvalue weighted by atomic mass is 10.2. The van der Waals surface area contributed by atoms with Gasteiger partial charge in [0.25, 0.3) is 0 Å². The molecule has 1 aromatic heterocycles. The smallest absolute Gasteiger partial charge is 0.334 e. The fourth-order valence-electron chi connectivity index (χ4n) is 1.79. The molecule has 2 heterocycles. The maximum absolute atomic E-state index is 12.9. The first-order chi connectivity index (χ1) is 9.56. The van der Waals surface area contributed by atoms with Gasteiger partial charge in [0.15, 0.2) is 6.10 Å². The van der Waals surface area contributed by atoms with Crippen molar-refractivity contribution in [3.8, 4) is 0 Å². The number of aliphatic carboxylic acids is 1. The lowest BCUT2D eigenvalue weighted by Gasteiger charge is -2.30. The molecular weight excluding hydrogens is 267 g/mol. The molecule has 1 aliphatic heterocycles. The molecule has 1 aliphatic rings. The van der Waals surface area contributed by atoms with Crippen molar-refractivity contribution in [3.05, 3.63) is 35.9 Å². The normalized spacial score (nSPS) is 19.2. The van der Waals surface area contributed by atoms with E-state index in [1.165, 1.54) is 29.3 Å². The lowest BCUT2D eigenvalue weighted by molar-refractivity contribution is -0.158. The Morgan fingerprint density at radius 3 is 3.00 bits per heavy atom. The van der Waals surface area contributed by atoms with Crippen molar-refractivity contribution in [2.45, 2.75) is 6.10 Å². The Kier molecular flexibility index (Phi) is 4.41. The summed E-state index contributed by atoms with van der Waals surface area (Å²) in [6.07, 6.45) is 4.19. The predicted molar refractivity (Wildman–Crippen MR) is 67.2 cm³/mol. The molecule has 1 fully saturated rings. The minimum absolute atomic E-state index is 0.0000918. The number of morpholine rings is 1. The van der Waals surface area contributed by atoms with E-state index >= 15 is 0 Å². The number of carbonyl (C=O) groups is 2.